The van der Waals surface area contributed by atoms with Crippen molar-refractivity contribution in [2.24, 2.45) is 16.2 Å². The number of alkyl halides is 3. The Hall–Kier alpha value is -3.93. The standard InChI is InChI=1S/C22H17F4N5/c1-3-17(22(24,25)26)16(18(23)4-2)12-31-19-8-6-5-7-14(19)15-11-13(9-10-20(15)31)21(27)29-30-28/h1,4-11H,12H2,2H3,(H3,27,28,29)/b17-16+,18-4+. The fourth-order valence-corrected chi connectivity index (χ4v) is 3.43. The average molecular weight is 427 g/mol. The van der Waals surface area contributed by atoms with Gasteiger partial charge in [-0.1, -0.05) is 35.4 Å². The number of nitrogens with one attached hydrogen (secondary N) is 1. The predicted molar refractivity (Wildman–Crippen MR) is 112 cm³/mol. The van der Waals surface area contributed by atoms with E-state index in [4.69, 9.17) is 17.7 Å². The first-order valence-corrected chi connectivity index (χ1v) is 9.02. The van der Waals surface area contributed by atoms with Crippen LogP contribution >= 0.6 is 0 Å². The van der Waals surface area contributed by atoms with Gasteiger partial charge in [0.05, 0.1) is 6.54 Å². The second-order valence-corrected chi connectivity index (χ2v) is 6.53. The molecule has 0 aliphatic heterocycles. The highest BCUT2D eigenvalue weighted by molar-refractivity contribution is 6.11. The van der Waals surface area contributed by atoms with E-state index in [9.17, 15) is 17.6 Å². The van der Waals surface area contributed by atoms with Crippen molar-refractivity contribution >= 4 is 27.6 Å². The molecular formula is C22H17F4N5. The number of amidine groups is 1. The minimum absolute atomic E-state index is 0.173. The van der Waals surface area contributed by atoms with Gasteiger partial charge in [-0.15, -0.1) is 11.5 Å². The summed E-state index contributed by atoms with van der Waals surface area (Å²) in [5.74, 6) is 5.39. The van der Waals surface area contributed by atoms with Crippen molar-refractivity contribution in [1.29, 1.82) is 5.41 Å². The van der Waals surface area contributed by atoms with Crippen LogP contribution in [0, 0.1) is 17.8 Å². The van der Waals surface area contributed by atoms with Gasteiger partial charge in [0.2, 0.25) is 0 Å². The van der Waals surface area contributed by atoms with Crippen molar-refractivity contribution in [3.63, 3.8) is 0 Å². The maximum absolute atomic E-state index is 14.5. The van der Waals surface area contributed by atoms with Gasteiger partial charge >= 0.3 is 6.18 Å². The molecular weight excluding hydrogens is 410 g/mol. The van der Waals surface area contributed by atoms with E-state index in [0.29, 0.717) is 27.4 Å². The number of benzene rings is 2. The van der Waals surface area contributed by atoms with Crippen LogP contribution < -0.4 is 5.84 Å². The second kappa shape index (κ2) is 8.44. The van der Waals surface area contributed by atoms with Crippen LogP contribution in [0.5, 0.6) is 0 Å². The molecule has 158 valence electrons. The van der Waals surface area contributed by atoms with E-state index in [-0.39, 0.29) is 5.84 Å². The smallest absolute Gasteiger partial charge is 0.336 e. The van der Waals surface area contributed by atoms with E-state index in [1.807, 2.05) is 0 Å². The summed E-state index contributed by atoms with van der Waals surface area (Å²) in [6.45, 7) is 0.869. The van der Waals surface area contributed by atoms with Crippen LogP contribution in [0.3, 0.4) is 0 Å². The molecule has 0 radical (unpaired) electrons. The van der Waals surface area contributed by atoms with E-state index in [1.165, 1.54) is 6.92 Å². The van der Waals surface area contributed by atoms with Crippen LogP contribution in [0.1, 0.15) is 12.5 Å². The number of hydrogen-bond donors (Lipinski definition) is 2. The molecule has 3 aromatic rings. The third-order valence-corrected chi connectivity index (χ3v) is 4.79. The first-order valence-electron chi connectivity index (χ1n) is 9.02. The molecule has 0 spiro atoms. The summed E-state index contributed by atoms with van der Waals surface area (Å²) in [5, 5.41) is 15.9. The molecule has 1 heterocycles. The first-order chi connectivity index (χ1) is 14.7. The summed E-state index contributed by atoms with van der Waals surface area (Å²) < 4.78 is 56.5. The lowest BCUT2D eigenvalue weighted by atomic mass is 10.1. The number of hydrogen-bond acceptors (Lipinski definition) is 2. The summed E-state index contributed by atoms with van der Waals surface area (Å²) in [6.07, 6.45) is 1.18. The molecule has 0 fully saturated rings. The molecule has 0 amide bonds. The molecule has 0 saturated carbocycles. The molecule has 2 aromatic carbocycles. The monoisotopic (exact) mass is 427 g/mol. The third kappa shape index (κ3) is 4.05. The van der Waals surface area contributed by atoms with Crippen LogP contribution in [-0.4, -0.2) is 16.6 Å². The highest BCUT2D eigenvalue weighted by atomic mass is 19.4. The van der Waals surface area contributed by atoms with Crippen molar-refractivity contribution in [2.75, 3.05) is 0 Å². The van der Waals surface area contributed by atoms with Gasteiger partial charge in [0.1, 0.15) is 11.4 Å². The van der Waals surface area contributed by atoms with Crippen molar-refractivity contribution in [3.05, 3.63) is 71.1 Å². The first kappa shape index (κ1) is 21.8. The maximum Gasteiger partial charge on any atom is 0.424 e. The van der Waals surface area contributed by atoms with Gasteiger partial charge < -0.3 is 10.4 Å². The van der Waals surface area contributed by atoms with Crippen LogP contribution in [-0.2, 0) is 6.54 Å². The average Bonchev–Trinajstić information content (AvgIpc) is 3.05. The second-order valence-electron chi connectivity index (χ2n) is 6.53. The van der Waals surface area contributed by atoms with Crippen molar-refractivity contribution in [2.45, 2.75) is 19.6 Å². The summed E-state index contributed by atoms with van der Waals surface area (Å²) in [4.78, 5) is 0. The molecule has 0 saturated heterocycles. The van der Waals surface area contributed by atoms with Crippen molar-refractivity contribution in [1.82, 2.24) is 4.57 Å². The SMILES string of the molecule is C#C/C(=C(Cn1c2ccccc2c2cc(C(=N)N=NN)ccc21)\C(F)=C/C)C(F)(F)F. The Balaban J connectivity index is 2.32. The normalized spacial score (nSPS) is 13.6. The number of nitrogens with two attached hydrogens (primary N) is 1. The zero-order valence-electron chi connectivity index (χ0n) is 16.3. The van der Waals surface area contributed by atoms with Gasteiger partial charge in [-0.25, -0.2) is 4.39 Å². The molecule has 0 unspecified atom stereocenters. The Bertz CT molecular complexity index is 1300. The Morgan fingerprint density at radius 1 is 1.19 bits per heavy atom. The van der Waals surface area contributed by atoms with E-state index in [2.05, 4.69) is 10.3 Å². The maximum atomic E-state index is 14.5. The minimum atomic E-state index is -4.88. The van der Waals surface area contributed by atoms with E-state index < -0.39 is 29.7 Å². The predicted octanol–water partition coefficient (Wildman–Crippen LogP) is 5.81. The highest BCUT2D eigenvalue weighted by Crippen LogP contribution is 2.35. The van der Waals surface area contributed by atoms with Gasteiger partial charge in [-0.05, 0) is 31.2 Å². The van der Waals surface area contributed by atoms with Gasteiger partial charge in [0.15, 0.2) is 5.84 Å². The fraction of sp³-hybridized carbons (Fsp3) is 0.136. The van der Waals surface area contributed by atoms with Crippen LogP contribution in [0.25, 0.3) is 21.8 Å². The lowest BCUT2D eigenvalue weighted by Gasteiger charge is -2.15. The number of halogens is 4. The van der Waals surface area contributed by atoms with Gasteiger partial charge in [0, 0.05) is 32.9 Å². The lowest BCUT2D eigenvalue weighted by molar-refractivity contribution is -0.0881. The van der Waals surface area contributed by atoms with Gasteiger partial charge in [-0.2, -0.15) is 13.2 Å². The third-order valence-electron chi connectivity index (χ3n) is 4.79. The molecule has 3 N–H and O–H groups in total. The molecule has 9 heteroatoms. The van der Waals surface area contributed by atoms with Gasteiger partial charge in [0.25, 0.3) is 0 Å². The van der Waals surface area contributed by atoms with Crippen molar-refractivity contribution < 1.29 is 17.6 Å². The number of allylic oxidation sites excluding steroid dienone is 4. The lowest BCUT2D eigenvalue weighted by Crippen LogP contribution is -2.16. The quantitative estimate of drug-likeness (QED) is 0.0791. The number of fused-ring (bicyclic) bond motifs is 3. The molecule has 1 aromatic heterocycles. The zero-order chi connectivity index (χ0) is 22.8. The summed E-state index contributed by atoms with van der Waals surface area (Å²) in [5.41, 5.74) is -0.451. The number of para-hydroxylation sites is 1. The largest absolute Gasteiger partial charge is 0.424 e. The molecule has 0 aliphatic rings. The molecule has 5 nitrogen and oxygen atoms in total. The van der Waals surface area contributed by atoms with Crippen LogP contribution in [0.4, 0.5) is 17.6 Å². The topological polar surface area (TPSA) is 79.5 Å². The van der Waals surface area contributed by atoms with Crippen LogP contribution in [0.15, 0.2) is 75.9 Å². The summed E-state index contributed by atoms with van der Waals surface area (Å²) in [7, 11) is 0. The highest BCUT2D eigenvalue weighted by Gasteiger charge is 2.36. The van der Waals surface area contributed by atoms with Crippen molar-refractivity contribution in [3.8, 4) is 12.3 Å². The molecule has 31 heavy (non-hydrogen) atoms. The molecule has 3 rings (SSSR count). The minimum Gasteiger partial charge on any atom is -0.336 e. The number of rotatable bonds is 4. The summed E-state index contributed by atoms with van der Waals surface area (Å²) in [6, 6.07) is 11.9. The molecule has 0 bridgehead atoms. The molecule has 0 atom stereocenters. The number of terminal acetylenes is 1. The van der Waals surface area contributed by atoms with E-state index in [1.54, 1.807) is 53.0 Å². The molecule has 0 aliphatic carbocycles. The zero-order valence-corrected chi connectivity index (χ0v) is 16.3. The Kier molecular flexibility index (Phi) is 5.92. The van der Waals surface area contributed by atoms with E-state index >= 15 is 0 Å². The Morgan fingerprint density at radius 3 is 2.48 bits per heavy atom. The number of aromatic nitrogens is 1. The van der Waals surface area contributed by atoms with Gasteiger partial charge in [-0.3, -0.25) is 5.41 Å². The van der Waals surface area contributed by atoms with E-state index in [0.717, 1.165) is 6.08 Å². The Morgan fingerprint density at radius 2 is 1.87 bits per heavy atom. The number of nitrogens with zero attached hydrogens (tertiary/aromatic N) is 3. The Labute approximate surface area is 175 Å². The summed E-state index contributed by atoms with van der Waals surface area (Å²) >= 11 is 0. The fourth-order valence-electron chi connectivity index (χ4n) is 3.43. The van der Waals surface area contributed by atoms with Crippen LogP contribution in [0.2, 0.25) is 0 Å².